The molecule has 7 heteroatoms. The van der Waals surface area contributed by atoms with E-state index in [-0.39, 0.29) is 24.4 Å². The summed E-state index contributed by atoms with van der Waals surface area (Å²) in [4.78, 5) is 31.6. The molecule has 1 aromatic carbocycles. The van der Waals surface area contributed by atoms with Gasteiger partial charge in [0.15, 0.2) is 0 Å². The Kier molecular flexibility index (Phi) is 5.28. The second kappa shape index (κ2) is 8.23. The zero-order chi connectivity index (χ0) is 21.4. The molecular formula is C24H28N4O3. The predicted octanol–water partition coefficient (Wildman–Crippen LogP) is 2.72. The van der Waals surface area contributed by atoms with Crippen molar-refractivity contribution in [1.82, 2.24) is 19.3 Å². The maximum Gasteiger partial charge on any atom is 0.270 e. The van der Waals surface area contributed by atoms with E-state index in [9.17, 15) is 9.59 Å². The summed E-state index contributed by atoms with van der Waals surface area (Å²) in [6.45, 7) is 4.06. The second-order valence-corrected chi connectivity index (χ2v) is 8.58. The Morgan fingerprint density at radius 1 is 1.06 bits per heavy atom. The van der Waals surface area contributed by atoms with Crippen LogP contribution in [0.1, 0.15) is 29.1 Å². The molecule has 2 aliphatic rings. The SMILES string of the molecule is Cn1cccc1C(=O)N1CCN(C2CCN(Cc3cc4ccccc4o3)CC2)C(=O)C1. The van der Waals surface area contributed by atoms with E-state index in [0.29, 0.717) is 18.8 Å². The third kappa shape index (κ3) is 3.97. The summed E-state index contributed by atoms with van der Waals surface area (Å²) >= 11 is 0. The monoisotopic (exact) mass is 420 g/mol. The molecule has 31 heavy (non-hydrogen) atoms. The van der Waals surface area contributed by atoms with E-state index < -0.39 is 0 Å². The van der Waals surface area contributed by atoms with Gasteiger partial charge in [0.1, 0.15) is 23.6 Å². The van der Waals surface area contributed by atoms with Gasteiger partial charge in [0.05, 0.1) is 6.54 Å². The van der Waals surface area contributed by atoms with E-state index in [1.807, 2.05) is 42.4 Å². The summed E-state index contributed by atoms with van der Waals surface area (Å²) in [5.74, 6) is 0.981. The molecule has 0 unspecified atom stereocenters. The smallest absolute Gasteiger partial charge is 0.270 e. The molecule has 2 saturated heterocycles. The topological polar surface area (TPSA) is 61.9 Å². The zero-order valence-corrected chi connectivity index (χ0v) is 17.9. The summed E-state index contributed by atoms with van der Waals surface area (Å²) in [6, 6.07) is 14.1. The minimum Gasteiger partial charge on any atom is -0.460 e. The van der Waals surface area contributed by atoms with Gasteiger partial charge in [-0.3, -0.25) is 14.5 Å². The van der Waals surface area contributed by atoms with E-state index in [2.05, 4.69) is 17.0 Å². The normalized spacial score (nSPS) is 18.8. The average Bonchev–Trinajstić information content (AvgIpc) is 3.39. The minimum absolute atomic E-state index is 0.0598. The molecule has 0 radical (unpaired) electrons. The summed E-state index contributed by atoms with van der Waals surface area (Å²) in [5.41, 5.74) is 1.56. The number of para-hydroxylation sites is 1. The van der Waals surface area contributed by atoms with Crippen molar-refractivity contribution in [3.8, 4) is 0 Å². The van der Waals surface area contributed by atoms with E-state index >= 15 is 0 Å². The summed E-state index contributed by atoms with van der Waals surface area (Å²) in [6.07, 6.45) is 3.76. The first-order chi connectivity index (χ1) is 15.1. The molecule has 0 N–H and O–H groups in total. The van der Waals surface area contributed by atoms with Gasteiger partial charge in [0.25, 0.3) is 5.91 Å². The summed E-state index contributed by atoms with van der Waals surface area (Å²) in [7, 11) is 1.85. The van der Waals surface area contributed by atoms with Crippen molar-refractivity contribution in [2.24, 2.45) is 7.05 Å². The molecular weight excluding hydrogens is 392 g/mol. The van der Waals surface area contributed by atoms with Gasteiger partial charge in [-0.15, -0.1) is 0 Å². The molecule has 5 rings (SSSR count). The Morgan fingerprint density at radius 2 is 1.87 bits per heavy atom. The maximum absolute atomic E-state index is 12.8. The number of nitrogens with zero attached hydrogens (tertiary/aromatic N) is 4. The summed E-state index contributed by atoms with van der Waals surface area (Å²) < 4.78 is 7.76. The number of hydrogen-bond acceptors (Lipinski definition) is 4. The van der Waals surface area contributed by atoms with E-state index in [4.69, 9.17) is 4.42 Å². The van der Waals surface area contributed by atoms with Crippen LogP contribution >= 0.6 is 0 Å². The highest BCUT2D eigenvalue weighted by molar-refractivity contribution is 5.96. The number of piperazine rings is 1. The van der Waals surface area contributed by atoms with Gasteiger partial charge in [0, 0.05) is 50.9 Å². The van der Waals surface area contributed by atoms with Crippen molar-refractivity contribution in [1.29, 1.82) is 0 Å². The molecule has 3 aromatic rings. The molecule has 2 aliphatic heterocycles. The van der Waals surface area contributed by atoms with E-state index in [1.165, 1.54) is 0 Å². The average molecular weight is 421 g/mol. The fraction of sp³-hybridized carbons (Fsp3) is 0.417. The highest BCUT2D eigenvalue weighted by Crippen LogP contribution is 2.24. The minimum atomic E-state index is -0.0684. The number of hydrogen-bond donors (Lipinski definition) is 0. The van der Waals surface area contributed by atoms with Crippen molar-refractivity contribution < 1.29 is 14.0 Å². The van der Waals surface area contributed by atoms with Crippen molar-refractivity contribution in [3.63, 3.8) is 0 Å². The predicted molar refractivity (Wildman–Crippen MR) is 118 cm³/mol. The Bertz CT molecular complexity index is 1060. The van der Waals surface area contributed by atoms with Crippen LogP contribution in [0.3, 0.4) is 0 Å². The molecule has 162 valence electrons. The van der Waals surface area contributed by atoms with Gasteiger partial charge in [-0.25, -0.2) is 0 Å². The zero-order valence-electron chi connectivity index (χ0n) is 17.9. The molecule has 0 bridgehead atoms. The highest BCUT2D eigenvalue weighted by atomic mass is 16.3. The van der Waals surface area contributed by atoms with Crippen LogP contribution in [0.25, 0.3) is 11.0 Å². The Balaban J connectivity index is 1.14. The van der Waals surface area contributed by atoms with Gasteiger partial charge >= 0.3 is 0 Å². The van der Waals surface area contributed by atoms with Gasteiger partial charge in [-0.05, 0) is 37.1 Å². The Morgan fingerprint density at radius 3 is 2.58 bits per heavy atom. The van der Waals surface area contributed by atoms with Crippen LogP contribution in [0.4, 0.5) is 0 Å². The molecule has 4 heterocycles. The van der Waals surface area contributed by atoms with Crippen LogP contribution in [0.5, 0.6) is 0 Å². The maximum atomic E-state index is 12.8. The molecule has 2 aromatic heterocycles. The van der Waals surface area contributed by atoms with Crippen molar-refractivity contribution in [2.75, 3.05) is 32.7 Å². The first kappa shape index (κ1) is 19.9. The van der Waals surface area contributed by atoms with Gasteiger partial charge < -0.3 is 18.8 Å². The fourth-order valence-corrected chi connectivity index (χ4v) is 4.82. The highest BCUT2D eigenvalue weighted by Gasteiger charge is 2.34. The molecule has 0 atom stereocenters. The number of aromatic nitrogens is 1. The number of likely N-dealkylation sites (tertiary alicyclic amines) is 1. The van der Waals surface area contributed by atoms with Crippen LogP contribution < -0.4 is 0 Å². The lowest BCUT2D eigenvalue weighted by Gasteiger charge is -2.42. The Hall–Kier alpha value is -3.06. The molecule has 0 spiro atoms. The largest absolute Gasteiger partial charge is 0.460 e. The van der Waals surface area contributed by atoms with Crippen LogP contribution in [0.15, 0.2) is 53.1 Å². The standard InChI is InChI=1S/C24H28N4O3/c1-25-10-4-6-21(25)24(30)27-13-14-28(23(29)17-27)19-8-11-26(12-9-19)16-20-15-18-5-2-3-7-22(18)31-20/h2-7,10,15,19H,8-9,11-14,16-17H2,1H3. The van der Waals surface area contributed by atoms with Crippen LogP contribution in [0.2, 0.25) is 0 Å². The number of rotatable bonds is 4. The number of benzene rings is 1. The van der Waals surface area contributed by atoms with Crippen LogP contribution in [-0.4, -0.2) is 69.8 Å². The lowest BCUT2D eigenvalue weighted by molar-refractivity contribution is -0.138. The van der Waals surface area contributed by atoms with Gasteiger partial charge in [-0.1, -0.05) is 18.2 Å². The molecule has 0 aliphatic carbocycles. The number of furan rings is 1. The van der Waals surface area contributed by atoms with Crippen molar-refractivity contribution in [2.45, 2.75) is 25.4 Å². The number of aryl methyl sites for hydroxylation is 1. The number of piperidine rings is 1. The third-order valence-corrected chi connectivity index (χ3v) is 6.56. The van der Waals surface area contributed by atoms with Crippen LogP contribution in [0, 0.1) is 0 Å². The van der Waals surface area contributed by atoms with Crippen molar-refractivity contribution >= 4 is 22.8 Å². The third-order valence-electron chi connectivity index (χ3n) is 6.56. The number of amides is 2. The van der Waals surface area contributed by atoms with E-state index in [1.54, 1.807) is 15.5 Å². The number of fused-ring (bicyclic) bond motifs is 1. The lowest BCUT2D eigenvalue weighted by atomic mass is 10.0. The van der Waals surface area contributed by atoms with Crippen molar-refractivity contribution in [3.05, 3.63) is 60.1 Å². The van der Waals surface area contributed by atoms with E-state index in [0.717, 1.165) is 49.2 Å². The molecule has 2 fully saturated rings. The lowest BCUT2D eigenvalue weighted by Crippen LogP contribution is -2.57. The first-order valence-corrected chi connectivity index (χ1v) is 11.0. The fourth-order valence-electron chi connectivity index (χ4n) is 4.82. The molecule has 2 amide bonds. The quantitative estimate of drug-likeness (QED) is 0.651. The molecule has 7 nitrogen and oxygen atoms in total. The first-order valence-electron chi connectivity index (χ1n) is 11.0. The van der Waals surface area contributed by atoms with Gasteiger partial charge in [-0.2, -0.15) is 0 Å². The molecule has 0 saturated carbocycles. The summed E-state index contributed by atoms with van der Waals surface area (Å²) in [5, 5.41) is 1.14. The number of carbonyl (C=O) groups excluding carboxylic acids is 2. The number of carbonyl (C=O) groups is 2. The second-order valence-electron chi connectivity index (χ2n) is 8.58. The van der Waals surface area contributed by atoms with Gasteiger partial charge in [0.2, 0.25) is 5.91 Å². The van der Waals surface area contributed by atoms with Crippen LogP contribution in [-0.2, 0) is 18.4 Å². The Labute approximate surface area is 181 Å².